The van der Waals surface area contributed by atoms with Crippen molar-refractivity contribution in [1.82, 2.24) is 5.32 Å². The maximum Gasteiger partial charge on any atom is 0.262 e. The highest BCUT2D eigenvalue weighted by Crippen LogP contribution is 2.20. The van der Waals surface area contributed by atoms with Gasteiger partial charge in [-0.05, 0) is 60.9 Å². The number of methoxy groups -OCH3 is 1. The van der Waals surface area contributed by atoms with Crippen LogP contribution in [0.15, 0.2) is 54.1 Å². The minimum atomic E-state index is -0.368. The highest BCUT2D eigenvalue weighted by atomic mass is 16.5. The molecule has 27 heavy (non-hydrogen) atoms. The molecule has 0 radical (unpaired) electrons. The molecule has 2 N–H and O–H groups in total. The van der Waals surface area contributed by atoms with Gasteiger partial charge in [0.25, 0.3) is 11.8 Å². The van der Waals surface area contributed by atoms with Crippen molar-refractivity contribution in [2.24, 2.45) is 0 Å². The number of benzene rings is 2. The first-order valence-electron chi connectivity index (χ1n) is 8.57. The quantitative estimate of drug-likeness (QED) is 0.611. The van der Waals surface area contributed by atoms with Crippen molar-refractivity contribution in [3.8, 4) is 11.8 Å². The molecule has 1 aliphatic carbocycles. The van der Waals surface area contributed by atoms with Crippen molar-refractivity contribution < 1.29 is 14.3 Å². The van der Waals surface area contributed by atoms with E-state index in [1.165, 1.54) is 6.08 Å². The lowest BCUT2D eigenvalue weighted by Gasteiger charge is -2.07. The minimum absolute atomic E-state index is 0.0422. The number of carbonyl (C=O) groups is 2. The number of anilines is 1. The van der Waals surface area contributed by atoms with E-state index in [4.69, 9.17) is 4.74 Å². The third-order valence-corrected chi connectivity index (χ3v) is 4.09. The summed E-state index contributed by atoms with van der Waals surface area (Å²) >= 11 is 0. The molecule has 0 aromatic heterocycles. The fourth-order valence-electron chi connectivity index (χ4n) is 2.46. The molecule has 136 valence electrons. The highest BCUT2D eigenvalue weighted by Gasteiger charge is 2.24. The summed E-state index contributed by atoms with van der Waals surface area (Å²) in [5.41, 5.74) is 1.77. The summed E-state index contributed by atoms with van der Waals surface area (Å²) in [5.74, 6) is 0.0469. The normalized spacial score (nSPS) is 13.4. The number of amides is 2. The van der Waals surface area contributed by atoms with Gasteiger partial charge in [0.15, 0.2) is 0 Å². The number of carbonyl (C=O) groups excluding carboxylic acids is 2. The second kappa shape index (κ2) is 8.19. The molecule has 0 spiro atoms. The first-order chi connectivity index (χ1) is 13.1. The Kier molecular flexibility index (Phi) is 5.53. The van der Waals surface area contributed by atoms with Gasteiger partial charge in [0, 0.05) is 17.3 Å². The summed E-state index contributed by atoms with van der Waals surface area (Å²) in [6, 6.07) is 15.9. The zero-order chi connectivity index (χ0) is 19.2. The SMILES string of the molecule is COc1ccc(C(=O)Nc2cccc(C=C(C#N)C(=O)NC3CC3)c2)cc1. The van der Waals surface area contributed by atoms with Gasteiger partial charge in [-0.15, -0.1) is 0 Å². The lowest BCUT2D eigenvalue weighted by Crippen LogP contribution is -2.26. The molecule has 0 heterocycles. The first kappa shape index (κ1) is 18.2. The van der Waals surface area contributed by atoms with Gasteiger partial charge in [-0.3, -0.25) is 9.59 Å². The van der Waals surface area contributed by atoms with Gasteiger partial charge in [-0.1, -0.05) is 12.1 Å². The van der Waals surface area contributed by atoms with E-state index in [1.807, 2.05) is 6.07 Å². The van der Waals surface area contributed by atoms with Crippen LogP contribution in [0.4, 0.5) is 5.69 Å². The Morgan fingerprint density at radius 3 is 2.56 bits per heavy atom. The summed E-state index contributed by atoms with van der Waals surface area (Å²) in [7, 11) is 1.56. The van der Waals surface area contributed by atoms with Crippen LogP contribution in [0.1, 0.15) is 28.8 Å². The number of hydrogen-bond donors (Lipinski definition) is 2. The van der Waals surface area contributed by atoms with Gasteiger partial charge in [-0.25, -0.2) is 0 Å². The van der Waals surface area contributed by atoms with Crippen LogP contribution in [-0.4, -0.2) is 25.0 Å². The molecule has 1 aliphatic rings. The number of nitrogens with one attached hydrogen (secondary N) is 2. The van der Waals surface area contributed by atoms with Crippen LogP contribution >= 0.6 is 0 Å². The van der Waals surface area contributed by atoms with Gasteiger partial charge >= 0.3 is 0 Å². The van der Waals surface area contributed by atoms with Gasteiger partial charge < -0.3 is 15.4 Å². The lowest BCUT2D eigenvalue weighted by atomic mass is 10.1. The third-order valence-electron chi connectivity index (χ3n) is 4.09. The predicted molar refractivity (Wildman–Crippen MR) is 102 cm³/mol. The molecule has 6 heteroatoms. The van der Waals surface area contributed by atoms with Crippen molar-refractivity contribution in [2.45, 2.75) is 18.9 Å². The molecular formula is C21H19N3O3. The van der Waals surface area contributed by atoms with E-state index in [-0.39, 0.29) is 23.4 Å². The highest BCUT2D eigenvalue weighted by molar-refractivity contribution is 6.05. The molecular weight excluding hydrogens is 342 g/mol. The van der Waals surface area contributed by atoms with E-state index < -0.39 is 0 Å². The fourth-order valence-corrected chi connectivity index (χ4v) is 2.46. The van der Waals surface area contributed by atoms with Gasteiger partial charge in [-0.2, -0.15) is 5.26 Å². The lowest BCUT2D eigenvalue weighted by molar-refractivity contribution is -0.117. The van der Waals surface area contributed by atoms with E-state index in [9.17, 15) is 14.9 Å². The number of nitrogens with zero attached hydrogens (tertiary/aromatic N) is 1. The van der Waals surface area contributed by atoms with Crippen molar-refractivity contribution in [2.75, 3.05) is 12.4 Å². The summed E-state index contributed by atoms with van der Waals surface area (Å²) in [6.07, 6.45) is 3.43. The zero-order valence-corrected chi connectivity index (χ0v) is 14.9. The van der Waals surface area contributed by atoms with Crippen LogP contribution in [-0.2, 0) is 4.79 Å². The second-order valence-electron chi connectivity index (χ2n) is 6.23. The monoisotopic (exact) mass is 361 g/mol. The van der Waals surface area contributed by atoms with Crippen molar-refractivity contribution in [3.63, 3.8) is 0 Å². The molecule has 0 atom stereocenters. The number of nitriles is 1. The molecule has 1 fully saturated rings. The van der Waals surface area contributed by atoms with Crippen LogP contribution in [0.3, 0.4) is 0 Å². The Labute approximate surface area is 157 Å². The molecule has 2 amide bonds. The number of rotatable bonds is 6. The van der Waals surface area contributed by atoms with Crippen LogP contribution in [0.25, 0.3) is 6.08 Å². The average Bonchev–Trinajstić information content (AvgIpc) is 3.50. The van der Waals surface area contributed by atoms with Crippen molar-refractivity contribution in [1.29, 1.82) is 5.26 Å². The summed E-state index contributed by atoms with van der Waals surface area (Å²) in [5, 5.41) is 14.8. The van der Waals surface area contributed by atoms with E-state index in [0.29, 0.717) is 22.6 Å². The smallest absolute Gasteiger partial charge is 0.262 e. The average molecular weight is 361 g/mol. The van der Waals surface area contributed by atoms with E-state index in [2.05, 4.69) is 10.6 Å². The predicted octanol–water partition coefficient (Wildman–Crippen LogP) is 3.13. The number of ether oxygens (including phenoxy) is 1. The van der Waals surface area contributed by atoms with Crippen LogP contribution in [0.5, 0.6) is 5.75 Å². The molecule has 1 saturated carbocycles. The fraction of sp³-hybridized carbons (Fsp3) is 0.190. The standard InChI is InChI=1S/C21H19N3O3/c1-27-19-9-5-15(6-10-19)20(25)24-18-4-2-3-14(12-18)11-16(13-22)21(26)23-17-7-8-17/h2-6,9-12,17H,7-8H2,1H3,(H,23,26)(H,24,25). The largest absolute Gasteiger partial charge is 0.497 e. The van der Waals surface area contributed by atoms with E-state index in [0.717, 1.165) is 12.8 Å². The molecule has 0 bridgehead atoms. The Balaban J connectivity index is 1.72. The maximum absolute atomic E-state index is 12.4. The molecule has 0 aliphatic heterocycles. The molecule has 6 nitrogen and oxygen atoms in total. The van der Waals surface area contributed by atoms with Crippen molar-refractivity contribution in [3.05, 3.63) is 65.2 Å². The Morgan fingerprint density at radius 2 is 1.93 bits per heavy atom. The Morgan fingerprint density at radius 1 is 1.19 bits per heavy atom. The molecule has 2 aromatic rings. The Hall–Kier alpha value is -3.59. The van der Waals surface area contributed by atoms with Gasteiger partial charge in [0.05, 0.1) is 7.11 Å². The second-order valence-corrected chi connectivity index (χ2v) is 6.23. The molecule has 3 rings (SSSR count). The number of hydrogen-bond acceptors (Lipinski definition) is 4. The summed E-state index contributed by atoms with van der Waals surface area (Å²) in [6.45, 7) is 0. The first-order valence-corrected chi connectivity index (χ1v) is 8.57. The summed E-state index contributed by atoms with van der Waals surface area (Å²) < 4.78 is 5.08. The zero-order valence-electron chi connectivity index (χ0n) is 14.9. The minimum Gasteiger partial charge on any atom is -0.497 e. The van der Waals surface area contributed by atoms with E-state index >= 15 is 0 Å². The molecule has 0 saturated heterocycles. The van der Waals surface area contributed by atoms with Gasteiger partial charge in [0.1, 0.15) is 17.4 Å². The third kappa shape index (κ3) is 4.95. The van der Waals surface area contributed by atoms with Gasteiger partial charge in [0.2, 0.25) is 0 Å². The Bertz CT molecular complexity index is 922. The molecule has 0 unspecified atom stereocenters. The maximum atomic E-state index is 12.4. The molecule has 2 aromatic carbocycles. The van der Waals surface area contributed by atoms with Crippen LogP contribution in [0, 0.1) is 11.3 Å². The summed E-state index contributed by atoms with van der Waals surface area (Å²) in [4.78, 5) is 24.4. The van der Waals surface area contributed by atoms with Crippen LogP contribution in [0.2, 0.25) is 0 Å². The topological polar surface area (TPSA) is 91.2 Å². The van der Waals surface area contributed by atoms with Crippen molar-refractivity contribution >= 4 is 23.6 Å². The van der Waals surface area contributed by atoms with Crippen LogP contribution < -0.4 is 15.4 Å². The van der Waals surface area contributed by atoms with E-state index in [1.54, 1.807) is 55.6 Å².